The largest absolute Gasteiger partial charge is 0.350 e. The van der Waals surface area contributed by atoms with Crippen LogP contribution in [0, 0.1) is 0 Å². The van der Waals surface area contributed by atoms with Gasteiger partial charge in [-0.05, 0) is 12.8 Å². The molecule has 8 nitrogen and oxygen atoms in total. The lowest BCUT2D eigenvalue weighted by Gasteiger charge is -2.02. The first kappa shape index (κ1) is 12.5. The Kier molecular flexibility index (Phi) is 3.28. The van der Waals surface area contributed by atoms with Gasteiger partial charge in [-0.3, -0.25) is 14.6 Å². The average molecular weight is 275 g/mol. The maximum absolute atomic E-state index is 11.7. The lowest BCUT2D eigenvalue weighted by atomic mass is 10.3. The topological polar surface area (TPSA) is 114 Å². The van der Waals surface area contributed by atoms with Crippen LogP contribution in [0.4, 0.5) is 0 Å². The molecule has 0 unspecified atom stereocenters. The molecule has 104 valence electrons. The number of amides is 1. The van der Waals surface area contributed by atoms with Crippen LogP contribution in [0.2, 0.25) is 0 Å². The summed E-state index contributed by atoms with van der Waals surface area (Å²) in [6.07, 6.45) is 5.09. The fourth-order valence-corrected chi connectivity index (χ4v) is 1.75. The molecule has 0 spiro atoms. The van der Waals surface area contributed by atoms with Crippen LogP contribution in [-0.2, 0) is 6.42 Å². The maximum Gasteiger partial charge on any atom is 0.269 e. The van der Waals surface area contributed by atoms with E-state index < -0.39 is 11.5 Å². The number of H-pyrrole nitrogens is 1. The van der Waals surface area contributed by atoms with Crippen molar-refractivity contribution in [3.8, 4) is 0 Å². The molecule has 8 heteroatoms. The van der Waals surface area contributed by atoms with Crippen LogP contribution in [0.5, 0.6) is 0 Å². The minimum Gasteiger partial charge on any atom is -0.350 e. The first-order valence-corrected chi connectivity index (χ1v) is 6.37. The van der Waals surface area contributed by atoms with Crippen molar-refractivity contribution in [1.82, 2.24) is 25.4 Å². The highest BCUT2D eigenvalue weighted by molar-refractivity contribution is 5.91. The van der Waals surface area contributed by atoms with Gasteiger partial charge in [0, 0.05) is 18.9 Å². The zero-order chi connectivity index (χ0) is 13.9. The van der Waals surface area contributed by atoms with E-state index in [2.05, 4.69) is 25.4 Å². The van der Waals surface area contributed by atoms with Gasteiger partial charge in [-0.1, -0.05) is 5.16 Å². The molecule has 2 aromatic rings. The van der Waals surface area contributed by atoms with Crippen molar-refractivity contribution in [2.24, 2.45) is 0 Å². The molecule has 1 fully saturated rings. The van der Waals surface area contributed by atoms with Crippen molar-refractivity contribution in [2.45, 2.75) is 25.2 Å². The molecule has 0 aliphatic heterocycles. The third-order valence-corrected chi connectivity index (χ3v) is 2.95. The predicted octanol–water partition coefficient (Wildman–Crippen LogP) is 0.00280. The zero-order valence-corrected chi connectivity index (χ0v) is 10.6. The second-order valence-electron chi connectivity index (χ2n) is 4.64. The van der Waals surface area contributed by atoms with Crippen LogP contribution in [0.3, 0.4) is 0 Å². The van der Waals surface area contributed by atoms with E-state index in [0.717, 1.165) is 24.9 Å². The van der Waals surface area contributed by atoms with Gasteiger partial charge in [0.2, 0.25) is 5.89 Å². The molecule has 2 heterocycles. The van der Waals surface area contributed by atoms with Gasteiger partial charge in [0.05, 0.1) is 12.4 Å². The van der Waals surface area contributed by atoms with Gasteiger partial charge in [0.15, 0.2) is 5.82 Å². The molecule has 3 rings (SSSR count). The number of hydrogen-bond acceptors (Lipinski definition) is 6. The second kappa shape index (κ2) is 5.24. The van der Waals surface area contributed by atoms with Crippen molar-refractivity contribution in [2.75, 3.05) is 6.54 Å². The Morgan fingerprint density at radius 1 is 1.45 bits per heavy atom. The van der Waals surface area contributed by atoms with Crippen molar-refractivity contribution in [3.05, 3.63) is 40.2 Å². The molecule has 1 aliphatic rings. The Balaban J connectivity index is 1.51. The van der Waals surface area contributed by atoms with Crippen LogP contribution >= 0.6 is 0 Å². The lowest BCUT2D eigenvalue weighted by molar-refractivity contribution is 0.0947. The van der Waals surface area contributed by atoms with E-state index in [0.29, 0.717) is 24.8 Å². The molecule has 0 aromatic carbocycles. The SMILES string of the molecule is O=C(NCCc1nc(C2CC2)no1)c1cncc(=O)[nH]1. The highest BCUT2D eigenvalue weighted by atomic mass is 16.5. The number of aromatic nitrogens is 4. The fourth-order valence-electron chi connectivity index (χ4n) is 1.75. The molecule has 0 saturated heterocycles. The van der Waals surface area contributed by atoms with Crippen molar-refractivity contribution in [1.29, 1.82) is 0 Å². The highest BCUT2D eigenvalue weighted by Crippen LogP contribution is 2.38. The molecule has 0 atom stereocenters. The summed E-state index contributed by atoms with van der Waals surface area (Å²) in [6.45, 7) is 0.349. The molecule has 2 aromatic heterocycles. The van der Waals surface area contributed by atoms with E-state index in [1.807, 2.05) is 0 Å². The Hall–Kier alpha value is -2.51. The molecular formula is C12H13N5O3. The standard InChI is InChI=1S/C12H13N5O3/c18-9-6-13-5-8(15-9)12(19)14-4-3-10-16-11(17-20-10)7-1-2-7/h5-7H,1-4H2,(H,14,19)(H,15,18). The van der Waals surface area contributed by atoms with Gasteiger partial charge in [-0.2, -0.15) is 4.98 Å². The van der Waals surface area contributed by atoms with Crippen LogP contribution in [0.15, 0.2) is 21.7 Å². The quantitative estimate of drug-likeness (QED) is 0.794. The van der Waals surface area contributed by atoms with E-state index in [1.54, 1.807) is 0 Å². The second-order valence-corrected chi connectivity index (χ2v) is 4.64. The van der Waals surface area contributed by atoms with Crippen LogP contribution in [0.25, 0.3) is 0 Å². The van der Waals surface area contributed by atoms with Crippen molar-refractivity contribution < 1.29 is 9.32 Å². The van der Waals surface area contributed by atoms with Crippen LogP contribution in [-0.4, -0.2) is 32.6 Å². The lowest BCUT2D eigenvalue weighted by Crippen LogP contribution is -2.28. The number of rotatable bonds is 5. The van der Waals surface area contributed by atoms with Gasteiger partial charge in [-0.15, -0.1) is 0 Å². The monoisotopic (exact) mass is 275 g/mol. The van der Waals surface area contributed by atoms with Gasteiger partial charge >= 0.3 is 0 Å². The Morgan fingerprint density at radius 3 is 3.05 bits per heavy atom. The Morgan fingerprint density at radius 2 is 2.30 bits per heavy atom. The minimum absolute atomic E-state index is 0.127. The third kappa shape index (κ3) is 2.90. The molecule has 20 heavy (non-hydrogen) atoms. The maximum atomic E-state index is 11.7. The normalized spacial score (nSPS) is 14.2. The predicted molar refractivity (Wildman–Crippen MR) is 67.2 cm³/mol. The Labute approximate surface area is 113 Å². The summed E-state index contributed by atoms with van der Waals surface area (Å²) >= 11 is 0. The molecule has 1 saturated carbocycles. The molecule has 0 bridgehead atoms. The summed E-state index contributed by atoms with van der Waals surface area (Å²) in [4.78, 5) is 33.1. The van der Waals surface area contributed by atoms with E-state index in [1.165, 1.54) is 6.20 Å². The van der Waals surface area contributed by atoms with E-state index in [-0.39, 0.29) is 5.69 Å². The first-order chi connectivity index (χ1) is 9.72. The van der Waals surface area contributed by atoms with E-state index in [4.69, 9.17) is 4.52 Å². The molecule has 0 radical (unpaired) electrons. The summed E-state index contributed by atoms with van der Waals surface area (Å²) < 4.78 is 5.09. The molecule has 1 aliphatic carbocycles. The summed E-state index contributed by atoms with van der Waals surface area (Å²) in [6, 6.07) is 0. The zero-order valence-electron chi connectivity index (χ0n) is 10.6. The summed E-state index contributed by atoms with van der Waals surface area (Å²) in [5, 5.41) is 6.54. The van der Waals surface area contributed by atoms with Gasteiger partial charge in [-0.25, -0.2) is 0 Å². The van der Waals surface area contributed by atoms with E-state index in [9.17, 15) is 9.59 Å². The molecule has 2 N–H and O–H groups in total. The number of nitrogens with one attached hydrogen (secondary N) is 2. The van der Waals surface area contributed by atoms with Gasteiger partial charge in [0.1, 0.15) is 5.69 Å². The Bertz CT molecular complexity index is 673. The molecule has 1 amide bonds. The highest BCUT2D eigenvalue weighted by Gasteiger charge is 2.28. The number of aromatic amines is 1. The molecular weight excluding hydrogens is 262 g/mol. The van der Waals surface area contributed by atoms with Gasteiger partial charge in [0.25, 0.3) is 11.5 Å². The van der Waals surface area contributed by atoms with Crippen LogP contribution in [0.1, 0.15) is 41.0 Å². The third-order valence-electron chi connectivity index (χ3n) is 2.95. The van der Waals surface area contributed by atoms with E-state index >= 15 is 0 Å². The van der Waals surface area contributed by atoms with Crippen LogP contribution < -0.4 is 10.9 Å². The first-order valence-electron chi connectivity index (χ1n) is 6.37. The summed E-state index contributed by atoms with van der Waals surface area (Å²) in [5.41, 5.74) is -0.287. The van der Waals surface area contributed by atoms with Crippen molar-refractivity contribution >= 4 is 5.91 Å². The smallest absolute Gasteiger partial charge is 0.269 e. The van der Waals surface area contributed by atoms with Gasteiger partial charge < -0.3 is 14.8 Å². The number of carbonyl (C=O) groups is 1. The number of hydrogen-bond donors (Lipinski definition) is 2. The fraction of sp³-hybridized carbons (Fsp3) is 0.417. The minimum atomic E-state index is -0.413. The average Bonchev–Trinajstić information content (AvgIpc) is 3.19. The summed E-state index contributed by atoms with van der Waals surface area (Å²) in [7, 11) is 0. The number of nitrogens with zero attached hydrogens (tertiary/aromatic N) is 3. The summed E-state index contributed by atoms with van der Waals surface area (Å²) in [5.74, 6) is 1.31. The van der Waals surface area contributed by atoms with Crippen molar-refractivity contribution in [3.63, 3.8) is 0 Å². The number of carbonyl (C=O) groups excluding carboxylic acids is 1.